The highest BCUT2D eigenvalue weighted by Crippen LogP contribution is 2.38. The molecule has 182 valence electrons. The highest BCUT2D eigenvalue weighted by Gasteiger charge is 2.52. The van der Waals surface area contributed by atoms with Crippen LogP contribution in [0.2, 0.25) is 0 Å². The second-order valence-corrected chi connectivity index (χ2v) is 8.87. The summed E-state index contributed by atoms with van der Waals surface area (Å²) in [6, 6.07) is 9.09. The van der Waals surface area contributed by atoms with Crippen LogP contribution >= 0.6 is 0 Å². The fraction of sp³-hybridized carbons (Fsp3) is 0.409. The number of carboxylic acid groups (broad SMARTS) is 1. The Hall–Kier alpha value is -2.96. The minimum atomic E-state index is -5.08. The maximum Gasteiger partial charge on any atom is 0.495 e. The lowest BCUT2D eigenvalue weighted by atomic mass is 9.74. The summed E-state index contributed by atoms with van der Waals surface area (Å²) < 4.78 is 44.1. The van der Waals surface area contributed by atoms with Crippen LogP contribution in [0.1, 0.15) is 48.4 Å². The van der Waals surface area contributed by atoms with E-state index in [9.17, 15) is 22.8 Å². The van der Waals surface area contributed by atoms with Gasteiger partial charge in [0.15, 0.2) is 0 Å². The minimum Gasteiger partial charge on any atom is -0.475 e. The molecule has 0 atom stereocenters. The first-order chi connectivity index (χ1) is 15.6. The molecule has 0 spiro atoms. The molecule has 0 unspecified atom stereocenters. The molecule has 2 aromatic rings. The summed E-state index contributed by atoms with van der Waals surface area (Å²) in [5.41, 5.74) is 6.47. The summed E-state index contributed by atoms with van der Waals surface area (Å²) in [4.78, 5) is 35.8. The van der Waals surface area contributed by atoms with Gasteiger partial charge in [-0.3, -0.25) is 14.5 Å². The SMILES string of the molecule is CC1(C)OB(c2ccc3c4c(cccc24)C(=O)N(CCN)C3=O)OC1(C)C.O=C(O)C(F)(F)F. The van der Waals surface area contributed by atoms with Gasteiger partial charge in [0.25, 0.3) is 11.8 Å². The van der Waals surface area contributed by atoms with Crippen LogP contribution in [0.3, 0.4) is 0 Å². The summed E-state index contributed by atoms with van der Waals surface area (Å²) in [5, 5.41) is 8.59. The molecule has 2 amide bonds. The van der Waals surface area contributed by atoms with Gasteiger partial charge in [0.1, 0.15) is 0 Å². The third-order valence-corrected chi connectivity index (χ3v) is 6.13. The van der Waals surface area contributed by atoms with Gasteiger partial charge in [0.05, 0.1) is 11.2 Å². The zero-order chi connectivity index (χ0) is 25.6. The van der Waals surface area contributed by atoms with E-state index in [0.29, 0.717) is 16.5 Å². The third-order valence-electron chi connectivity index (χ3n) is 6.13. The Labute approximate surface area is 193 Å². The molecular weight excluding hydrogens is 456 g/mol. The van der Waals surface area contributed by atoms with Crippen molar-refractivity contribution < 1.29 is 42.0 Å². The maximum atomic E-state index is 12.8. The Bertz CT molecular complexity index is 1130. The summed E-state index contributed by atoms with van der Waals surface area (Å²) >= 11 is 0. The van der Waals surface area contributed by atoms with Gasteiger partial charge in [-0.2, -0.15) is 13.2 Å². The number of alkyl halides is 3. The summed E-state index contributed by atoms with van der Waals surface area (Å²) in [7, 11) is -0.563. The van der Waals surface area contributed by atoms with Crippen LogP contribution in [-0.4, -0.2) is 65.4 Å². The summed E-state index contributed by atoms with van der Waals surface area (Å²) in [6.07, 6.45) is -5.08. The average Bonchev–Trinajstić information content (AvgIpc) is 2.95. The Balaban J connectivity index is 0.000000406. The first kappa shape index (κ1) is 25.7. The van der Waals surface area contributed by atoms with E-state index < -0.39 is 30.5 Å². The number of hydrogen-bond donors (Lipinski definition) is 2. The van der Waals surface area contributed by atoms with Crippen LogP contribution in [-0.2, 0) is 14.1 Å². The molecular formula is C22H24BF3N2O6. The van der Waals surface area contributed by atoms with E-state index in [-0.39, 0.29) is 24.9 Å². The Morgan fingerprint density at radius 1 is 1.03 bits per heavy atom. The topological polar surface area (TPSA) is 119 Å². The van der Waals surface area contributed by atoms with Crippen molar-refractivity contribution in [1.29, 1.82) is 0 Å². The first-order valence-electron chi connectivity index (χ1n) is 10.4. The normalized spacial score (nSPS) is 18.7. The first-order valence-corrected chi connectivity index (χ1v) is 10.4. The molecule has 0 saturated carbocycles. The van der Waals surface area contributed by atoms with Crippen molar-refractivity contribution in [1.82, 2.24) is 4.90 Å². The van der Waals surface area contributed by atoms with E-state index in [1.165, 1.54) is 4.90 Å². The lowest BCUT2D eigenvalue weighted by Gasteiger charge is -2.32. The molecule has 2 heterocycles. The van der Waals surface area contributed by atoms with Gasteiger partial charge in [0, 0.05) is 29.6 Å². The number of amides is 2. The average molecular weight is 480 g/mol. The van der Waals surface area contributed by atoms with Crippen molar-refractivity contribution >= 4 is 41.1 Å². The molecule has 4 rings (SSSR count). The number of imide groups is 1. The smallest absolute Gasteiger partial charge is 0.475 e. The summed E-state index contributed by atoms with van der Waals surface area (Å²) in [6.45, 7) is 8.42. The second-order valence-electron chi connectivity index (χ2n) is 8.87. The van der Waals surface area contributed by atoms with Crippen molar-refractivity contribution in [2.45, 2.75) is 45.1 Å². The fourth-order valence-electron chi connectivity index (χ4n) is 3.68. The monoisotopic (exact) mass is 480 g/mol. The van der Waals surface area contributed by atoms with Crippen LogP contribution in [0.25, 0.3) is 10.8 Å². The lowest BCUT2D eigenvalue weighted by molar-refractivity contribution is -0.192. The standard InChI is InChI=1S/C20H23BN2O4.C2HF3O2/c1-19(2)20(3,4)27-21(26-19)15-9-8-14-16-12(15)6-5-7-13(16)17(24)23(11-10-22)18(14)25;3-2(4,5)1(6)7/h5-9H,10-11,22H2,1-4H3;(H,6,7). The molecule has 2 aromatic carbocycles. The zero-order valence-electron chi connectivity index (χ0n) is 19.0. The quantitative estimate of drug-likeness (QED) is 0.511. The lowest BCUT2D eigenvalue weighted by Crippen LogP contribution is -2.44. The largest absolute Gasteiger partial charge is 0.495 e. The van der Waals surface area contributed by atoms with Crippen molar-refractivity contribution in [3.63, 3.8) is 0 Å². The minimum absolute atomic E-state index is 0.201. The van der Waals surface area contributed by atoms with E-state index in [0.717, 1.165) is 10.8 Å². The second kappa shape index (κ2) is 8.68. The molecule has 0 radical (unpaired) electrons. The van der Waals surface area contributed by atoms with E-state index in [1.54, 1.807) is 12.1 Å². The molecule has 34 heavy (non-hydrogen) atoms. The van der Waals surface area contributed by atoms with Crippen molar-refractivity contribution in [2.24, 2.45) is 5.73 Å². The van der Waals surface area contributed by atoms with Gasteiger partial charge in [0.2, 0.25) is 0 Å². The number of carboxylic acids is 1. The molecule has 2 aliphatic rings. The molecule has 2 aliphatic heterocycles. The predicted molar refractivity (Wildman–Crippen MR) is 118 cm³/mol. The molecule has 0 aromatic heterocycles. The third kappa shape index (κ3) is 4.40. The maximum absolute atomic E-state index is 12.8. The number of benzene rings is 2. The number of nitrogens with zero attached hydrogens (tertiary/aromatic N) is 1. The van der Waals surface area contributed by atoms with E-state index >= 15 is 0 Å². The van der Waals surface area contributed by atoms with Crippen LogP contribution < -0.4 is 11.2 Å². The zero-order valence-corrected chi connectivity index (χ0v) is 19.0. The fourth-order valence-corrected chi connectivity index (χ4v) is 3.68. The van der Waals surface area contributed by atoms with Gasteiger partial charge >= 0.3 is 19.3 Å². The number of carbonyl (C=O) groups excluding carboxylic acids is 2. The van der Waals surface area contributed by atoms with Gasteiger partial charge in [-0.25, -0.2) is 4.79 Å². The van der Waals surface area contributed by atoms with Crippen molar-refractivity contribution in [3.8, 4) is 0 Å². The molecule has 0 aliphatic carbocycles. The van der Waals surface area contributed by atoms with Crippen LogP contribution in [0.15, 0.2) is 30.3 Å². The molecule has 3 N–H and O–H groups in total. The Kier molecular flexibility index (Phi) is 6.55. The van der Waals surface area contributed by atoms with E-state index in [1.807, 2.05) is 45.9 Å². The number of carbonyl (C=O) groups is 3. The number of hydrogen-bond acceptors (Lipinski definition) is 6. The van der Waals surface area contributed by atoms with Crippen molar-refractivity contribution in [3.05, 3.63) is 41.5 Å². The summed E-state index contributed by atoms with van der Waals surface area (Å²) in [5.74, 6) is -3.38. The van der Waals surface area contributed by atoms with E-state index in [4.69, 9.17) is 24.9 Å². The van der Waals surface area contributed by atoms with Gasteiger partial charge < -0.3 is 20.1 Å². The molecule has 1 fully saturated rings. The molecule has 8 nitrogen and oxygen atoms in total. The highest BCUT2D eigenvalue weighted by molar-refractivity contribution is 6.65. The number of aliphatic carboxylic acids is 1. The Morgan fingerprint density at radius 2 is 1.53 bits per heavy atom. The van der Waals surface area contributed by atoms with Gasteiger partial charge in [-0.1, -0.05) is 18.2 Å². The van der Waals surface area contributed by atoms with E-state index in [2.05, 4.69) is 0 Å². The number of nitrogens with two attached hydrogens (primary N) is 1. The van der Waals surface area contributed by atoms with Crippen LogP contribution in [0, 0.1) is 0 Å². The number of halogens is 3. The molecule has 1 saturated heterocycles. The highest BCUT2D eigenvalue weighted by atomic mass is 19.4. The Morgan fingerprint density at radius 3 is 2.00 bits per heavy atom. The molecule has 12 heteroatoms. The van der Waals surface area contributed by atoms with Gasteiger partial charge in [-0.15, -0.1) is 0 Å². The van der Waals surface area contributed by atoms with Crippen molar-refractivity contribution in [2.75, 3.05) is 13.1 Å². The van der Waals surface area contributed by atoms with Crippen LogP contribution in [0.4, 0.5) is 13.2 Å². The predicted octanol–water partition coefficient (Wildman–Crippen LogP) is 2.33. The van der Waals surface area contributed by atoms with Gasteiger partial charge in [-0.05, 0) is 50.7 Å². The number of rotatable bonds is 3. The van der Waals surface area contributed by atoms with Crippen LogP contribution in [0.5, 0.6) is 0 Å². The molecule has 0 bridgehead atoms.